The predicted octanol–water partition coefficient (Wildman–Crippen LogP) is 6.51. The van der Waals surface area contributed by atoms with Gasteiger partial charge in [-0.25, -0.2) is 0 Å². The van der Waals surface area contributed by atoms with Gasteiger partial charge in [0, 0.05) is 0 Å². The molecule has 0 heterocycles. The van der Waals surface area contributed by atoms with Crippen LogP contribution in [0.25, 0.3) is 0 Å². The van der Waals surface area contributed by atoms with E-state index in [9.17, 15) is 0 Å². The molecule has 1 aromatic rings. The quantitative estimate of drug-likeness (QED) is 0.300. The van der Waals surface area contributed by atoms with Crippen LogP contribution in [0.2, 0.25) is 0 Å². The first-order chi connectivity index (χ1) is 7.15. The predicted molar refractivity (Wildman–Crippen MR) is 89.5 cm³/mol. The molecule has 0 N–H and O–H groups in total. The van der Waals surface area contributed by atoms with E-state index in [4.69, 9.17) is 63.7 Å². The van der Waals surface area contributed by atoms with Crippen LogP contribution < -0.4 is 0 Å². The van der Waals surface area contributed by atoms with Crippen LogP contribution in [0.5, 0.6) is 0 Å². The molecule has 1 atom stereocenters. The van der Waals surface area contributed by atoms with Gasteiger partial charge in [0.1, 0.15) is 16.4 Å². The summed E-state index contributed by atoms with van der Waals surface area (Å²) in [5.41, 5.74) is 1.28. The molecule has 0 bridgehead atoms. The van der Waals surface area contributed by atoms with Crippen molar-refractivity contribution >= 4 is 82.9 Å². The molecular weight excluding hydrogens is 498 g/mol. The van der Waals surface area contributed by atoms with Crippen molar-refractivity contribution in [3.63, 3.8) is 0 Å². The Bertz CT molecular complexity index is 354. The van der Waals surface area contributed by atoms with E-state index in [1.165, 1.54) is 10.5 Å². The van der Waals surface area contributed by atoms with Crippen molar-refractivity contribution in [1.29, 1.82) is 0 Å². The van der Waals surface area contributed by atoms with Crippen molar-refractivity contribution in [1.82, 2.24) is 0 Å². The zero-order chi connectivity index (χ0) is 14.0. The molecule has 0 aliphatic carbocycles. The van der Waals surface area contributed by atoms with E-state index >= 15 is 0 Å². The molecule has 17 heavy (non-hydrogen) atoms. The molecule has 9 heteroatoms. The van der Waals surface area contributed by atoms with E-state index in [1.807, 2.05) is 6.26 Å². The van der Waals surface area contributed by atoms with Crippen LogP contribution in [-0.2, 0) is 10.1 Å². The maximum absolute atomic E-state index is 5.88. The van der Waals surface area contributed by atoms with Gasteiger partial charge >= 0.3 is 62.1 Å². The van der Waals surface area contributed by atoms with E-state index in [-0.39, 0.29) is 10.1 Å². The first kappa shape index (κ1) is 19.4. The summed E-state index contributed by atoms with van der Waals surface area (Å²) in [6.07, 6.45) is 2.01. The molecule has 102 valence electrons. The van der Waals surface area contributed by atoms with Gasteiger partial charge in [0.05, 0.1) is 0 Å². The molecule has 0 saturated heterocycles. The van der Waals surface area contributed by atoms with Crippen LogP contribution in [-0.4, -0.2) is 15.4 Å². The standard InChI is InChI=1S/C8H10ClS.6ClH.Sb/c1-7-3-5-8(6-4-7)10(2)9;;;;;;;/h3-6H,1-2H3;6*1H;/q+1;;;;;;;+5/p-6. The van der Waals surface area contributed by atoms with Gasteiger partial charge in [-0.1, -0.05) is 17.7 Å². The van der Waals surface area contributed by atoms with Gasteiger partial charge in [0.25, 0.3) is 0 Å². The second-order valence-corrected chi connectivity index (χ2v) is 62.8. The second kappa shape index (κ2) is 6.04. The molecule has 1 aromatic carbocycles. The summed E-state index contributed by atoms with van der Waals surface area (Å²) in [5, 5.41) is 0. The average Bonchev–Trinajstić information content (AvgIpc) is 1.98. The van der Waals surface area contributed by atoms with Crippen molar-refractivity contribution in [3.05, 3.63) is 29.8 Å². The first-order valence-corrected chi connectivity index (χ1v) is 26.0. The number of hydrogen-bond donors (Lipinski definition) is 0. The van der Waals surface area contributed by atoms with Crippen molar-refractivity contribution in [2.45, 2.75) is 11.8 Å². The summed E-state index contributed by atoms with van der Waals surface area (Å²) in [5.74, 6) is 0. The number of hydrogen-bond acceptors (Lipinski definition) is 0. The van der Waals surface area contributed by atoms with Crippen LogP contribution in [0, 0.1) is 6.92 Å². The Kier molecular flexibility index (Phi) is 6.90. The Morgan fingerprint density at radius 1 is 0.882 bits per heavy atom. The Hall–Kier alpha value is 2.42. The number of rotatable bonds is 1. The SMILES string of the molecule is Cc1ccc([S+](C)Cl)cc1.[Cl][Sb-]([Cl])([Cl])([Cl])([Cl])[Cl]. The fraction of sp³-hybridized carbons (Fsp3) is 0.250. The molecule has 1 rings (SSSR count). The third kappa shape index (κ3) is 18.4. The summed E-state index contributed by atoms with van der Waals surface area (Å²) >= 11 is 0. The normalized spacial score (nSPS) is 17.2. The van der Waals surface area contributed by atoms with Gasteiger partial charge < -0.3 is 0 Å². The van der Waals surface area contributed by atoms with Gasteiger partial charge in [-0.3, -0.25) is 0 Å². The van der Waals surface area contributed by atoms with Crippen molar-refractivity contribution in [2.75, 3.05) is 6.26 Å². The van der Waals surface area contributed by atoms with Gasteiger partial charge in [0.2, 0.25) is 0 Å². The minimum absolute atomic E-state index is 0.115. The van der Waals surface area contributed by atoms with Crippen LogP contribution >= 0.6 is 63.7 Å². The van der Waals surface area contributed by atoms with Crippen molar-refractivity contribution in [3.8, 4) is 0 Å². The van der Waals surface area contributed by atoms with Crippen molar-refractivity contribution in [2.24, 2.45) is 0 Å². The van der Waals surface area contributed by atoms with E-state index in [2.05, 4.69) is 31.2 Å². The van der Waals surface area contributed by atoms with Gasteiger partial charge in [0.15, 0.2) is 15.6 Å². The second-order valence-electron chi connectivity index (χ2n) is 3.21. The van der Waals surface area contributed by atoms with E-state index in [0.717, 1.165) is 0 Å². The number of aryl methyl sites for hydroxylation is 1. The van der Waals surface area contributed by atoms with Crippen LogP contribution in [0.4, 0.5) is 0 Å². The Labute approximate surface area is 129 Å². The summed E-state index contributed by atoms with van der Waals surface area (Å²) in [6, 6.07) is 8.32. The fourth-order valence-electron chi connectivity index (χ4n) is 0.726. The van der Waals surface area contributed by atoms with Gasteiger partial charge in [-0.2, -0.15) is 0 Å². The minimum atomic E-state index is -5.42. The van der Waals surface area contributed by atoms with E-state index in [1.54, 1.807) is 0 Å². The molecule has 0 amide bonds. The summed E-state index contributed by atoms with van der Waals surface area (Å²) in [6.45, 7) is 2.08. The molecule has 0 saturated carbocycles. The van der Waals surface area contributed by atoms with Crippen LogP contribution in [0.15, 0.2) is 29.2 Å². The van der Waals surface area contributed by atoms with Crippen LogP contribution in [0.3, 0.4) is 0 Å². The zero-order valence-electron chi connectivity index (χ0n) is 8.81. The molecule has 0 spiro atoms. The molecule has 0 radical (unpaired) electrons. The van der Waals surface area contributed by atoms with Gasteiger partial charge in [-0.05, 0) is 19.1 Å². The van der Waals surface area contributed by atoms with Crippen molar-refractivity contribution < 1.29 is 0 Å². The molecule has 1 unspecified atom stereocenters. The third-order valence-corrected chi connectivity index (χ3v) is 2.80. The maximum atomic E-state index is 5.88. The Morgan fingerprint density at radius 3 is 1.41 bits per heavy atom. The molecule has 0 aromatic heterocycles. The topological polar surface area (TPSA) is 0 Å². The zero-order valence-corrected chi connectivity index (χ0v) is 17.5. The van der Waals surface area contributed by atoms with E-state index < -0.39 is 9.14 Å². The molecule has 0 aliphatic heterocycles. The summed E-state index contributed by atoms with van der Waals surface area (Å²) in [4.78, 5) is 1.22. The number of halogens is 7. The molecule has 0 nitrogen and oxygen atoms in total. The molecule has 0 fully saturated rings. The fourth-order valence-corrected chi connectivity index (χ4v) is 1.55. The van der Waals surface area contributed by atoms with Crippen LogP contribution in [0.1, 0.15) is 5.56 Å². The summed E-state index contributed by atoms with van der Waals surface area (Å²) < 4.78 is 0. The monoisotopic (exact) mass is 504 g/mol. The van der Waals surface area contributed by atoms with Gasteiger partial charge in [-0.15, -0.1) is 0 Å². The molecule has 0 aliphatic rings. The Morgan fingerprint density at radius 2 is 1.18 bits per heavy atom. The molecular formula is C8H10Cl7SSb. The first-order valence-electron chi connectivity index (χ1n) is 4.10. The number of benzene rings is 1. The Balaban J connectivity index is 0.000000325. The van der Waals surface area contributed by atoms with E-state index in [0.29, 0.717) is 0 Å². The summed E-state index contributed by atoms with van der Waals surface area (Å²) in [7, 11) is 30.7. The average molecular weight is 508 g/mol. The third-order valence-electron chi connectivity index (χ3n) is 1.35.